The van der Waals surface area contributed by atoms with Gasteiger partial charge in [0.1, 0.15) is 62.5 Å². The summed E-state index contributed by atoms with van der Waals surface area (Å²) in [6.07, 6.45) is -25.1. The van der Waals surface area contributed by atoms with E-state index in [2.05, 4.69) is 9.47 Å². The normalized spacial score (nSPS) is 28.3. The van der Waals surface area contributed by atoms with Gasteiger partial charge in [0, 0.05) is 0 Å². The first kappa shape index (κ1) is 43.3. The Morgan fingerprint density at radius 2 is 0.964 bits per heavy atom. The molecule has 4 rings (SSSR count). The van der Waals surface area contributed by atoms with Gasteiger partial charge in [0.25, 0.3) is 0 Å². The van der Waals surface area contributed by atoms with Crippen LogP contribution in [0, 0.1) is 0 Å². The summed E-state index contributed by atoms with van der Waals surface area (Å²) >= 11 is 0. The number of hydrogen-bond acceptors (Lipinski definition) is 17. The van der Waals surface area contributed by atoms with Gasteiger partial charge in [-0.2, -0.15) is 26.3 Å². The smallest absolute Gasteiger partial charge is 0.422 e. The van der Waals surface area contributed by atoms with Gasteiger partial charge in [-0.1, -0.05) is 0 Å². The van der Waals surface area contributed by atoms with Gasteiger partial charge in [-0.15, -0.1) is 0 Å². The van der Waals surface area contributed by atoms with Gasteiger partial charge in [-0.05, 0) is 48.5 Å². The van der Waals surface area contributed by atoms with Gasteiger partial charge in [0.15, 0.2) is 19.5 Å². The van der Waals surface area contributed by atoms with E-state index in [4.69, 9.17) is 23.7 Å². The van der Waals surface area contributed by atoms with Crippen molar-refractivity contribution in [2.75, 3.05) is 33.0 Å². The molecule has 2 heterocycles. The van der Waals surface area contributed by atoms with Crippen molar-refractivity contribution in [1.82, 2.24) is 0 Å². The Labute approximate surface area is 304 Å². The highest BCUT2D eigenvalue weighted by atomic mass is 19.4. The van der Waals surface area contributed by atoms with Crippen LogP contribution in [-0.4, -0.2) is 155 Å². The molecule has 2 aromatic carbocycles. The summed E-state index contributed by atoms with van der Waals surface area (Å²) in [5.74, 6) is -7.48. The number of halogens is 6. The lowest BCUT2D eigenvalue weighted by atomic mass is 9.99. The van der Waals surface area contributed by atoms with Crippen LogP contribution in [0.4, 0.5) is 26.3 Å². The highest BCUT2D eigenvalue weighted by molar-refractivity contribution is 5.94. The van der Waals surface area contributed by atoms with Crippen molar-refractivity contribution in [2.24, 2.45) is 0 Å². The van der Waals surface area contributed by atoms with Crippen molar-refractivity contribution in [2.45, 2.75) is 67.2 Å². The lowest BCUT2D eigenvalue weighted by Gasteiger charge is -2.43. The lowest BCUT2D eigenvalue weighted by molar-refractivity contribution is -0.383. The van der Waals surface area contributed by atoms with Gasteiger partial charge >= 0.3 is 36.2 Å². The number of benzene rings is 2. The zero-order valence-corrected chi connectivity index (χ0v) is 27.7. The summed E-state index contributed by atoms with van der Waals surface area (Å²) < 4.78 is 108. The monoisotopic (exact) mass is 802 g/mol. The molecule has 304 valence electrons. The maximum atomic E-state index is 12.6. The number of aliphatic hydroxyl groups is 6. The molecule has 0 spiro atoms. The average molecular weight is 803 g/mol. The van der Waals surface area contributed by atoms with Crippen LogP contribution in [0.15, 0.2) is 48.5 Å². The predicted molar refractivity (Wildman–Crippen MR) is 161 cm³/mol. The maximum Gasteiger partial charge on any atom is 0.422 e. The number of ether oxygens (including phenoxy) is 7. The van der Waals surface area contributed by atoms with Crippen LogP contribution < -0.4 is 0 Å². The third-order valence-electron chi connectivity index (χ3n) is 7.91. The van der Waals surface area contributed by atoms with Crippen molar-refractivity contribution < 1.29 is 109 Å². The van der Waals surface area contributed by atoms with E-state index >= 15 is 0 Å². The fraction of sp³-hybridized carbons (Fsp3) is 0.500. The highest BCUT2D eigenvalue weighted by Gasteiger charge is 2.59. The van der Waals surface area contributed by atoms with Gasteiger partial charge in [-0.25, -0.2) is 19.2 Å². The van der Waals surface area contributed by atoms with Gasteiger partial charge < -0.3 is 63.8 Å². The predicted octanol–water partition coefficient (Wildman–Crippen LogP) is -0.228. The second kappa shape index (κ2) is 17.6. The molecule has 23 heteroatoms. The van der Waals surface area contributed by atoms with Crippen molar-refractivity contribution >= 4 is 23.9 Å². The van der Waals surface area contributed by atoms with Crippen molar-refractivity contribution in [1.29, 1.82) is 0 Å². The molecular formula is C32H32F6O17. The topological polar surface area (TPSA) is 254 Å². The molecule has 17 nitrogen and oxygen atoms in total. The minimum absolute atomic E-state index is 0.218. The van der Waals surface area contributed by atoms with Gasteiger partial charge in [0.2, 0.25) is 5.79 Å². The molecule has 0 aliphatic carbocycles. The fourth-order valence-corrected chi connectivity index (χ4v) is 5.03. The third kappa shape index (κ3) is 11.1. The summed E-state index contributed by atoms with van der Waals surface area (Å²) in [5.41, 5.74) is -1.09. The minimum atomic E-state index is -4.77. The van der Waals surface area contributed by atoms with Crippen molar-refractivity contribution in [3.63, 3.8) is 0 Å². The molecule has 2 aromatic rings. The summed E-state index contributed by atoms with van der Waals surface area (Å²) in [7, 11) is 0. The highest BCUT2D eigenvalue weighted by Crippen LogP contribution is 2.36. The minimum Gasteiger partial charge on any atom is -0.459 e. The molecule has 0 amide bonds. The summed E-state index contributed by atoms with van der Waals surface area (Å²) in [4.78, 5) is 48.7. The van der Waals surface area contributed by atoms with Crippen LogP contribution >= 0.6 is 0 Å². The third-order valence-corrected chi connectivity index (χ3v) is 7.91. The van der Waals surface area contributed by atoms with Crippen molar-refractivity contribution in [3.05, 3.63) is 70.8 Å². The summed E-state index contributed by atoms with van der Waals surface area (Å²) in [6, 6.07) is 7.96. The molecular weight excluding hydrogens is 770 g/mol. The van der Waals surface area contributed by atoms with E-state index < -0.39 is 124 Å². The Balaban J connectivity index is 1.34. The number of carbonyl (C=O) groups excluding carboxylic acids is 4. The molecule has 2 saturated heterocycles. The molecule has 0 unspecified atom stereocenters. The number of aliphatic hydroxyl groups excluding tert-OH is 6. The summed E-state index contributed by atoms with van der Waals surface area (Å²) in [6.45, 7) is -6.59. The SMILES string of the molecule is O=C(OC[C@H]1O[C@@](CO)(O[C@H]2O[C@H](COC(=O)c3ccc(C(=O)OCC(F)(F)F)cc3)[C@@H](O)[C@H](O)[C@H]2O)[C@@H](O)[C@@H]1O)c1ccc(C(=O)OCC(F)(F)F)cc1. The van der Waals surface area contributed by atoms with Gasteiger partial charge in [-0.3, -0.25) is 0 Å². The second-order valence-electron chi connectivity index (χ2n) is 11.9. The lowest BCUT2D eigenvalue weighted by Crippen LogP contribution is -2.62. The Morgan fingerprint density at radius 3 is 1.35 bits per heavy atom. The number of alkyl halides is 6. The molecule has 0 radical (unpaired) electrons. The molecule has 2 fully saturated rings. The zero-order chi connectivity index (χ0) is 40.9. The van der Waals surface area contributed by atoms with Crippen LogP contribution in [-0.2, 0) is 33.2 Å². The second-order valence-corrected chi connectivity index (χ2v) is 11.9. The van der Waals surface area contributed by atoms with Crippen molar-refractivity contribution in [3.8, 4) is 0 Å². The number of rotatable bonds is 13. The first-order valence-corrected chi connectivity index (χ1v) is 15.7. The molecule has 0 saturated carbocycles. The van der Waals surface area contributed by atoms with Gasteiger partial charge in [0.05, 0.1) is 22.3 Å². The van der Waals surface area contributed by atoms with Crippen LogP contribution in [0.25, 0.3) is 0 Å². The fourth-order valence-electron chi connectivity index (χ4n) is 5.03. The number of hydrogen-bond donors (Lipinski definition) is 6. The molecule has 2 aliphatic rings. The molecule has 6 N–H and O–H groups in total. The molecule has 0 aromatic heterocycles. The zero-order valence-electron chi connectivity index (χ0n) is 27.7. The quantitative estimate of drug-likeness (QED) is 0.0869. The largest absolute Gasteiger partial charge is 0.459 e. The van der Waals surface area contributed by atoms with E-state index in [1.54, 1.807) is 0 Å². The van der Waals surface area contributed by atoms with Crippen LogP contribution in [0.1, 0.15) is 41.4 Å². The molecule has 55 heavy (non-hydrogen) atoms. The molecule has 0 bridgehead atoms. The summed E-state index contributed by atoms with van der Waals surface area (Å²) in [5, 5.41) is 62.9. The number of esters is 4. The van der Waals surface area contributed by atoms with Crippen LogP contribution in [0.2, 0.25) is 0 Å². The Bertz CT molecular complexity index is 1650. The first-order chi connectivity index (χ1) is 25.6. The Morgan fingerprint density at radius 1 is 0.582 bits per heavy atom. The maximum absolute atomic E-state index is 12.6. The molecule has 9 atom stereocenters. The van der Waals surface area contributed by atoms with Crippen LogP contribution in [0.3, 0.4) is 0 Å². The van der Waals surface area contributed by atoms with E-state index in [-0.39, 0.29) is 22.3 Å². The van der Waals surface area contributed by atoms with E-state index in [1.807, 2.05) is 0 Å². The van der Waals surface area contributed by atoms with E-state index in [9.17, 15) is 76.2 Å². The van der Waals surface area contributed by atoms with E-state index in [1.165, 1.54) is 0 Å². The Hall–Kier alpha value is -4.46. The van der Waals surface area contributed by atoms with E-state index in [0.717, 1.165) is 48.5 Å². The molecule has 2 aliphatic heterocycles. The average Bonchev–Trinajstić information content (AvgIpc) is 3.38. The number of carbonyl (C=O) groups is 4. The standard InChI is InChI=1S/C32H32F6O17/c33-31(34,35)12-51-27(47)16-5-1-14(2-6-16)25(45)49-9-18-20(40)22(42)23(43)29(53-18)55-30(11-39)24(44)21(41)19(54-30)10-50-26(46)15-3-7-17(8-4-15)28(48)52-13-32(36,37)38/h1-8,18-24,29,39-44H,9-13H2/t18-,19-,20-,21-,22+,23-,24+,29-,30+/m1/s1. The van der Waals surface area contributed by atoms with E-state index in [0.29, 0.717) is 0 Å². The first-order valence-electron chi connectivity index (χ1n) is 15.7. The van der Waals surface area contributed by atoms with Crippen LogP contribution in [0.5, 0.6) is 0 Å². The Kier molecular flexibility index (Phi) is 13.8.